The van der Waals surface area contributed by atoms with Gasteiger partial charge in [-0.2, -0.15) is 0 Å². The number of hydrogen-bond donors (Lipinski definition) is 2. The number of terminal acetylenes is 1. The number of nitrogens with two attached hydrogens (primary N) is 1. The number of benzene rings is 1. The van der Waals surface area contributed by atoms with Gasteiger partial charge in [0.2, 0.25) is 0 Å². The van der Waals surface area contributed by atoms with E-state index in [9.17, 15) is 10.1 Å². The molecule has 5 heteroatoms. The number of anilines is 2. The number of rotatable bonds is 4. The summed E-state index contributed by atoms with van der Waals surface area (Å²) in [6.45, 7) is 1.93. The maximum absolute atomic E-state index is 10.5. The van der Waals surface area contributed by atoms with E-state index < -0.39 is 4.92 Å². The van der Waals surface area contributed by atoms with Crippen LogP contribution in [-0.4, -0.2) is 11.0 Å². The van der Waals surface area contributed by atoms with Crippen LogP contribution in [0.5, 0.6) is 0 Å². The fraction of sp³-hybridized carbons (Fsp3) is 0.273. The third-order valence-corrected chi connectivity index (χ3v) is 2.06. The van der Waals surface area contributed by atoms with Crippen LogP contribution in [0.15, 0.2) is 18.2 Å². The highest BCUT2D eigenvalue weighted by Gasteiger charge is 2.11. The summed E-state index contributed by atoms with van der Waals surface area (Å²) >= 11 is 0. The first-order valence-corrected chi connectivity index (χ1v) is 4.78. The van der Waals surface area contributed by atoms with Crippen molar-refractivity contribution in [1.82, 2.24) is 0 Å². The molecule has 3 N–H and O–H groups in total. The highest BCUT2D eigenvalue weighted by Crippen LogP contribution is 2.25. The molecule has 1 aromatic rings. The van der Waals surface area contributed by atoms with Crippen LogP contribution in [0.3, 0.4) is 0 Å². The lowest BCUT2D eigenvalue weighted by atomic mass is 10.2. The van der Waals surface area contributed by atoms with Gasteiger partial charge in [0.25, 0.3) is 5.69 Å². The van der Waals surface area contributed by atoms with Crippen LogP contribution in [0, 0.1) is 22.5 Å². The van der Waals surface area contributed by atoms with E-state index in [1.54, 1.807) is 6.07 Å². The number of nitro benzene ring substituents is 1. The molecule has 0 aromatic heterocycles. The van der Waals surface area contributed by atoms with Gasteiger partial charge < -0.3 is 11.1 Å². The molecule has 1 aromatic carbocycles. The number of nitrogens with one attached hydrogen (secondary N) is 1. The van der Waals surface area contributed by atoms with Gasteiger partial charge in [-0.1, -0.05) is 0 Å². The van der Waals surface area contributed by atoms with E-state index in [1.807, 2.05) is 6.92 Å². The van der Waals surface area contributed by atoms with Crippen LogP contribution in [0.2, 0.25) is 0 Å². The second-order valence-corrected chi connectivity index (χ2v) is 3.48. The van der Waals surface area contributed by atoms with Crippen molar-refractivity contribution in [3.63, 3.8) is 0 Å². The SMILES string of the molecule is C#CCC(C)Nc1ccc([N+](=O)[O-])c(N)c1. The highest BCUT2D eigenvalue weighted by atomic mass is 16.6. The maximum Gasteiger partial charge on any atom is 0.292 e. The van der Waals surface area contributed by atoms with E-state index in [0.29, 0.717) is 6.42 Å². The normalized spacial score (nSPS) is 11.5. The quantitative estimate of drug-likeness (QED) is 0.351. The first-order valence-electron chi connectivity index (χ1n) is 4.78. The summed E-state index contributed by atoms with van der Waals surface area (Å²) in [5.74, 6) is 2.53. The van der Waals surface area contributed by atoms with Crippen molar-refractivity contribution in [1.29, 1.82) is 0 Å². The minimum atomic E-state index is -0.510. The summed E-state index contributed by atoms with van der Waals surface area (Å²) in [5, 5.41) is 13.6. The largest absolute Gasteiger partial charge is 0.393 e. The average molecular weight is 219 g/mol. The molecule has 0 spiro atoms. The minimum absolute atomic E-state index is 0.0878. The van der Waals surface area contributed by atoms with Gasteiger partial charge in [0, 0.05) is 24.2 Å². The summed E-state index contributed by atoms with van der Waals surface area (Å²) in [5.41, 5.74) is 6.33. The van der Waals surface area contributed by atoms with E-state index in [-0.39, 0.29) is 17.4 Å². The summed E-state index contributed by atoms with van der Waals surface area (Å²) in [6, 6.07) is 4.62. The van der Waals surface area contributed by atoms with Crippen molar-refractivity contribution in [2.45, 2.75) is 19.4 Å². The van der Waals surface area contributed by atoms with Crippen molar-refractivity contribution in [2.75, 3.05) is 11.1 Å². The molecule has 0 fully saturated rings. The zero-order valence-corrected chi connectivity index (χ0v) is 8.93. The first kappa shape index (κ1) is 11.9. The van der Waals surface area contributed by atoms with Gasteiger partial charge in [-0.3, -0.25) is 10.1 Å². The molecule has 0 aliphatic carbocycles. The molecule has 1 unspecified atom stereocenters. The van der Waals surface area contributed by atoms with Gasteiger partial charge in [0.15, 0.2) is 0 Å². The molecule has 84 valence electrons. The van der Waals surface area contributed by atoms with Crippen LogP contribution in [-0.2, 0) is 0 Å². The average Bonchev–Trinajstić information content (AvgIpc) is 2.17. The lowest BCUT2D eigenvalue weighted by molar-refractivity contribution is -0.383. The third kappa shape index (κ3) is 2.89. The van der Waals surface area contributed by atoms with E-state index in [1.165, 1.54) is 12.1 Å². The second-order valence-electron chi connectivity index (χ2n) is 3.48. The molecule has 16 heavy (non-hydrogen) atoms. The Morgan fingerprint density at radius 2 is 2.38 bits per heavy atom. The Kier molecular flexibility index (Phi) is 3.72. The zero-order chi connectivity index (χ0) is 12.1. The van der Waals surface area contributed by atoms with Gasteiger partial charge in [-0.15, -0.1) is 12.3 Å². The Labute approximate surface area is 93.8 Å². The Morgan fingerprint density at radius 1 is 1.69 bits per heavy atom. The minimum Gasteiger partial charge on any atom is -0.393 e. The number of nitro groups is 1. The van der Waals surface area contributed by atoms with Crippen molar-refractivity contribution in [3.05, 3.63) is 28.3 Å². The Bertz CT molecular complexity index is 437. The van der Waals surface area contributed by atoms with Gasteiger partial charge in [0.05, 0.1) is 4.92 Å². The van der Waals surface area contributed by atoms with Crippen LogP contribution < -0.4 is 11.1 Å². The Morgan fingerprint density at radius 3 is 2.88 bits per heavy atom. The molecule has 0 amide bonds. The second kappa shape index (κ2) is 5.03. The molecule has 0 saturated heterocycles. The molecule has 0 radical (unpaired) electrons. The Hall–Kier alpha value is -2.22. The summed E-state index contributed by atoms with van der Waals surface area (Å²) < 4.78 is 0. The molecule has 0 aliphatic heterocycles. The predicted molar refractivity (Wildman–Crippen MR) is 64.0 cm³/mol. The fourth-order valence-corrected chi connectivity index (χ4v) is 1.32. The standard InChI is InChI=1S/C11H13N3O2/c1-3-4-8(2)13-9-5-6-11(14(15)16)10(12)7-9/h1,5-8,13H,4,12H2,2H3. The van der Waals surface area contributed by atoms with Crippen molar-refractivity contribution in [3.8, 4) is 12.3 Å². The maximum atomic E-state index is 10.5. The molecule has 1 atom stereocenters. The van der Waals surface area contributed by atoms with Crippen molar-refractivity contribution < 1.29 is 4.92 Å². The van der Waals surface area contributed by atoms with E-state index in [4.69, 9.17) is 12.2 Å². The monoisotopic (exact) mass is 219 g/mol. The topological polar surface area (TPSA) is 81.2 Å². The van der Waals surface area contributed by atoms with E-state index >= 15 is 0 Å². The molecular formula is C11H13N3O2. The van der Waals surface area contributed by atoms with Crippen molar-refractivity contribution >= 4 is 17.1 Å². The molecule has 0 saturated carbocycles. The fourth-order valence-electron chi connectivity index (χ4n) is 1.32. The number of nitrogen functional groups attached to an aromatic ring is 1. The molecular weight excluding hydrogens is 206 g/mol. The van der Waals surface area contributed by atoms with Gasteiger partial charge in [0.1, 0.15) is 5.69 Å². The number of hydrogen-bond acceptors (Lipinski definition) is 4. The van der Waals surface area contributed by atoms with Gasteiger partial charge in [-0.05, 0) is 19.1 Å². The van der Waals surface area contributed by atoms with Crippen LogP contribution in [0.1, 0.15) is 13.3 Å². The smallest absolute Gasteiger partial charge is 0.292 e. The molecule has 0 heterocycles. The lowest BCUT2D eigenvalue weighted by Gasteiger charge is -2.12. The summed E-state index contributed by atoms with van der Waals surface area (Å²) in [6.07, 6.45) is 5.75. The van der Waals surface area contributed by atoms with Crippen LogP contribution in [0.4, 0.5) is 17.1 Å². The molecule has 0 aliphatic rings. The third-order valence-electron chi connectivity index (χ3n) is 2.06. The summed E-state index contributed by atoms with van der Waals surface area (Å²) in [7, 11) is 0. The van der Waals surface area contributed by atoms with E-state index in [2.05, 4.69) is 11.2 Å². The van der Waals surface area contributed by atoms with Crippen LogP contribution in [0.25, 0.3) is 0 Å². The molecule has 5 nitrogen and oxygen atoms in total. The highest BCUT2D eigenvalue weighted by molar-refractivity contribution is 5.66. The van der Waals surface area contributed by atoms with Gasteiger partial charge in [-0.25, -0.2) is 0 Å². The van der Waals surface area contributed by atoms with Crippen LogP contribution >= 0.6 is 0 Å². The van der Waals surface area contributed by atoms with Crippen molar-refractivity contribution in [2.24, 2.45) is 0 Å². The lowest BCUT2D eigenvalue weighted by Crippen LogP contribution is -2.14. The first-order chi connectivity index (χ1) is 7.54. The van der Waals surface area contributed by atoms with Gasteiger partial charge >= 0.3 is 0 Å². The molecule has 0 bridgehead atoms. The number of nitrogens with zero attached hydrogens (tertiary/aromatic N) is 1. The predicted octanol–water partition coefficient (Wildman–Crippen LogP) is 2.00. The Balaban J connectivity index is 2.82. The zero-order valence-electron chi connectivity index (χ0n) is 8.93. The summed E-state index contributed by atoms with van der Waals surface area (Å²) in [4.78, 5) is 10.0. The van der Waals surface area contributed by atoms with E-state index in [0.717, 1.165) is 5.69 Å². The molecule has 1 rings (SSSR count).